The molecule has 3 aromatic rings. The fourth-order valence-electron chi connectivity index (χ4n) is 2.90. The number of aromatic amines is 1. The van der Waals surface area contributed by atoms with E-state index in [4.69, 9.17) is 14.2 Å². The number of nitrogens with zero attached hydrogens (tertiary/aromatic N) is 1. The average molecular weight is 425 g/mol. The van der Waals surface area contributed by atoms with Crippen LogP contribution in [0.25, 0.3) is 0 Å². The van der Waals surface area contributed by atoms with Crippen LogP contribution in [0.15, 0.2) is 58.5 Å². The van der Waals surface area contributed by atoms with Gasteiger partial charge in [-0.05, 0) is 29.8 Å². The average Bonchev–Trinajstić information content (AvgIpc) is 3.20. The third-order valence-electron chi connectivity index (χ3n) is 4.28. The molecule has 0 saturated heterocycles. The summed E-state index contributed by atoms with van der Waals surface area (Å²) in [6.07, 6.45) is -0.0227. The van der Waals surface area contributed by atoms with E-state index in [0.29, 0.717) is 33.8 Å². The Bertz CT molecular complexity index is 1130. The van der Waals surface area contributed by atoms with E-state index in [2.05, 4.69) is 15.3 Å². The smallest absolute Gasteiger partial charge is 0.251 e. The Balaban J connectivity index is 1.40. The first-order valence-electron chi connectivity index (χ1n) is 9.14. The predicted molar refractivity (Wildman–Crippen MR) is 112 cm³/mol. The van der Waals surface area contributed by atoms with E-state index in [9.17, 15) is 9.59 Å². The van der Waals surface area contributed by atoms with E-state index in [1.165, 1.54) is 17.8 Å². The van der Waals surface area contributed by atoms with E-state index < -0.39 is 0 Å². The van der Waals surface area contributed by atoms with Crippen molar-refractivity contribution in [2.45, 2.75) is 17.3 Å². The van der Waals surface area contributed by atoms with E-state index in [-0.39, 0.29) is 24.7 Å². The van der Waals surface area contributed by atoms with Crippen molar-refractivity contribution in [3.05, 3.63) is 70.1 Å². The summed E-state index contributed by atoms with van der Waals surface area (Å²) in [7, 11) is 1.61. The van der Waals surface area contributed by atoms with Crippen LogP contribution in [0.2, 0.25) is 0 Å². The Labute approximate surface area is 176 Å². The molecule has 0 radical (unpaired) electrons. The molecule has 30 heavy (non-hydrogen) atoms. The number of aromatic nitrogens is 2. The van der Waals surface area contributed by atoms with Gasteiger partial charge < -0.3 is 24.5 Å². The van der Waals surface area contributed by atoms with Gasteiger partial charge in [0.25, 0.3) is 5.56 Å². The Morgan fingerprint density at radius 2 is 2.07 bits per heavy atom. The Morgan fingerprint density at radius 3 is 2.93 bits per heavy atom. The highest BCUT2D eigenvalue weighted by atomic mass is 32.2. The van der Waals surface area contributed by atoms with Crippen LogP contribution < -0.4 is 25.1 Å². The summed E-state index contributed by atoms with van der Waals surface area (Å²) < 4.78 is 15.8. The van der Waals surface area contributed by atoms with Gasteiger partial charge in [-0.3, -0.25) is 9.59 Å². The number of benzene rings is 2. The number of fused-ring (bicyclic) bond motifs is 1. The molecule has 154 valence electrons. The van der Waals surface area contributed by atoms with Crippen molar-refractivity contribution in [1.29, 1.82) is 0 Å². The summed E-state index contributed by atoms with van der Waals surface area (Å²) in [6.45, 7) is 0.166. The number of ether oxygens (including phenoxy) is 3. The zero-order valence-electron chi connectivity index (χ0n) is 16.1. The van der Waals surface area contributed by atoms with Gasteiger partial charge in [0.2, 0.25) is 12.7 Å². The molecular formula is C21H19N3O5S. The molecule has 0 aliphatic carbocycles. The minimum absolute atomic E-state index is 0.0227. The summed E-state index contributed by atoms with van der Waals surface area (Å²) in [6, 6.07) is 14.2. The lowest BCUT2D eigenvalue weighted by molar-refractivity contribution is -0.115. The van der Waals surface area contributed by atoms with E-state index >= 15 is 0 Å². The number of hydrogen-bond acceptors (Lipinski definition) is 7. The van der Waals surface area contributed by atoms with Crippen LogP contribution >= 0.6 is 11.8 Å². The van der Waals surface area contributed by atoms with Crippen molar-refractivity contribution >= 4 is 23.4 Å². The van der Waals surface area contributed by atoms with Gasteiger partial charge in [-0.2, -0.15) is 0 Å². The highest BCUT2D eigenvalue weighted by molar-refractivity contribution is 7.98. The predicted octanol–water partition coefficient (Wildman–Crippen LogP) is 2.98. The van der Waals surface area contributed by atoms with Gasteiger partial charge in [0.05, 0.1) is 19.2 Å². The van der Waals surface area contributed by atoms with Gasteiger partial charge in [0.15, 0.2) is 16.7 Å². The molecule has 9 heteroatoms. The summed E-state index contributed by atoms with van der Waals surface area (Å²) in [5.74, 6) is 2.31. The number of carbonyl (C=O) groups excluding carboxylic acids is 1. The van der Waals surface area contributed by atoms with Gasteiger partial charge in [0.1, 0.15) is 5.75 Å². The molecule has 0 atom stereocenters. The van der Waals surface area contributed by atoms with Crippen LogP contribution in [-0.2, 0) is 17.0 Å². The first-order valence-corrected chi connectivity index (χ1v) is 10.1. The fourth-order valence-corrected chi connectivity index (χ4v) is 3.74. The number of nitrogens with one attached hydrogen (secondary N) is 2. The van der Waals surface area contributed by atoms with Crippen LogP contribution in [0.1, 0.15) is 11.3 Å². The zero-order chi connectivity index (χ0) is 20.9. The number of carbonyl (C=O) groups is 1. The topological polar surface area (TPSA) is 103 Å². The van der Waals surface area contributed by atoms with Gasteiger partial charge in [-0.15, -0.1) is 0 Å². The van der Waals surface area contributed by atoms with Crippen molar-refractivity contribution < 1.29 is 19.0 Å². The van der Waals surface area contributed by atoms with E-state index in [1.807, 2.05) is 24.3 Å². The maximum atomic E-state index is 12.4. The van der Waals surface area contributed by atoms with Crippen molar-refractivity contribution in [3.8, 4) is 17.2 Å². The van der Waals surface area contributed by atoms with Crippen LogP contribution in [0, 0.1) is 0 Å². The van der Waals surface area contributed by atoms with Gasteiger partial charge in [0, 0.05) is 23.6 Å². The number of hydrogen-bond donors (Lipinski definition) is 2. The molecule has 2 N–H and O–H groups in total. The van der Waals surface area contributed by atoms with Gasteiger partial charge >= 0.3 is 0 Å². The lowest BCUT2D eigenvalue weighted by Gasteiger charge is -2.07. The fraction of sp³-hybridized carbons (Fsp3) is 0.190. The highest BCUT2D eigenvalue weighted by Crippen LogP contribution is 2.34. The van der Waals surface area contributed by atoms with E-state index in [1.54, 1.807) is 25.3 Å². The summed E-state index contributed by atoms with van der Waals surface area (Å²) >= 11 is 1.38. The molecule has 2 heterocycles. The first kappa shape index (κ1) is 19.8. The molecule has 1 amide bonds. The normalized spacial score (nSPS) is 11.9. The molecule has 8 nitrogen and oxygen atoms in total. The van der Waals surface area contributed by atoms with Crippen molar-refractivity contribution in [1.82, 2.24) is 9.97 Å². The number of anilines is 1. The minimum Gasteiger partial charge on any atom is -0.497 e. The second-order valence-electron chi connectivity index (χ2n) is 6.48. The quantitative estimate of drug-likeness (QED) is 0.443. The molecular weight excluding hydrogens is 406 g/mol. The lowest BCUT2D eigenvalue weighted by Crippen LogP contribution is -2.18. The molecule has 4 rings (SSSR count). The Hall–Kier alpha value is -3.46. The van der Waals surface area contributed by atoms with Crippen LogP contribution in [0.5, 0.6) is 17.2 Å². The van der Waals surface area contributed by atoms with Crippen LogP contribution in [0.3, 0.4) is 0 Å². The standard InChI is InChI=1S/C21H19N3O5S/c1-27-16-4-2-3-13(7-16)11-30-21-23-15(10-20(26)24-21)9-19(25)22-14-5-6-17-18(8-14)29-12-28-17/h2-8,10H,9,11-12H2,1H3,(H,22,25)(H,23,24,26). The summed E-state index contributed by atoms with van der Waals surface area (Å²) in [4.78, 5) is 31.5. The van der Waals surface area contributed by atoms with Crippen LogP contribution in [0.4, 0.5) is 5.69 Å². The molecule has 2 aromatic carbocycles. The second kappa shape index (κ2) is 8.91. The molecule has 0 unspecified atom stereocenters. The number of thioether (sulfide) groups is 1. The molecule has 0 fully saturated rings. The zero-order valence-corrected chi connectivity index (χ0v) is 17.0. The van der Waals surface area contributed by atoms with Crippen molar-refractivity contribution in [2.75, 3.05) is 19.2 Å². The number of methoxy groups -OCH3 is 1. The molecule has 0 spiro atoms. The third kappa shape index (κ3) is 4.93. The van der Waals surface area contributed by atoms with Crippen molar-refractivity contribution in [3.63, 3.8) is 0 Å². The highest BCUT2D eigenvalue weighted by Gasteiger charge is 2.15. The molecule has 1 aliphatic heterocycles. The van der Waals surface area contributed by atoms with Gasteiger partial charge in [-0.1, -0.05) is 23.9 Å². The van der Waals surface area contributed by atoms with Crippen molar-refractivity contribution in [2.24, 2.45) is 0 Å². The second-order valence-corrected chi connectivity index (χ2v) is 7.44. The molecule has 1 aromatic heterocycles. The maximum Gasteiger partial charge on any atom is 0.251 e. The molecule has 1 aliphatic rings. The SMILES string of the molecule is COc1cccc(CSc2nc(CC(=O)Nc3ccc4c(c3)OCO4)cc(=O)[nH]2)c1. The number of H-pyrrole nitrogens is 1. The number of rotatable bonds is 7. The summed E-state index contributed by atoms with van der Waals surface area (Å²) in [5.41, 5.74) is 1.71. The lowest BCUT2D eigenvalue weighted by atomic mass is 10.2. The van der Waals surface area contributed by atoms with Gasteiger partial charge in [-0.25, -0.2) is 4.98 Å². The molecule has 0 bridgehead atoms. The Morgan fingerprint density at radius 1 is 1.20 bits per heavy atom. The largest absolute Gasteiger partial charge is 0.497 e. The summed E-state index contributed by atoms with van der Waals surface area (Å²) in [5, 5.41) is 3.24. The number of amides is 1. The van der Waals surface area contributed by atoms with E-state index in [0.717, 1.165) is 11.3 Å². The first-order chi connectivity index (χ1) is 14.6. The maximum absolute atomic E-state index is 12.4. The monoisotopic (exact) mass is 425 g/mol. The van der Waals surface area contributed by atoms with Crippen LogP contribution in [-0.4, -0.2) is 29.8 Å². The minimum atomic E-state index is -0.302. The third-order valence-corrected chi connectivity index (χ3v) is 5.23. The molecule has 0 saturated carbocycles. The Kier molecular flexibility index (Phi) is 5.89.